The molecular formula is C28H32ClF2N3O5S. The number of carbonyl (C=O) groups is 2. The molecule has 8 nitrogen and oxygen atoms in total. The van der Waals surface area contributed by atoms with Crippen LogP contribution in [0, 0.1) is 25.7 Å². The maximum atomic E-state index is 13.4. The summed E-state index contributed by atoms with van der Waals surface area (Å²) in [6.45, 7) is 1.53. The van der Waals surface area contributed by atoms with E-state index >= 15 is 0 Å². The fourth-order valence-electron chi connectivity index (χ4n) is 5.66. The Balaban J connectivity index is 1.31. The molecule has 0 bridgehead atoms. The van der Waals surface area contributed by atoms with Crippen molar-refractivity contribution in [2.24, 2.45) is 11.8 Å². The van der Waals surface area contributed by atoms with Gasteiger partial charge in [0.25, 0.3) is 23.2 Å². The number of halogens is 3. The van der Waals surface area contributed by atoms with E-state index in [4.69, 9.17) is 23.8 Å². The molecule has 216 valence electrons. The minimum Gasteiger partial charge on any atom is -0.448 e. The number of H-pyrrole nitrogens is 1. The Bertz CT molecular complexity index is 1510. The number of carbonyl (C=O) groups excluding carboxylic acids is 2. The van der Waals surface area contributed by atoms with Gasteiger partial charge >= 0.3 is 0 Å². The molecule has 2 amide bonds. The van der Waals surface area contributed by atoms with Crippen LogP contribution < -0.4 is 20.3 Å². The van der Waals surface area contributed by atoms with Crippen LogP contribution in [0.1, 0.15) is 62.5 Å². The largest absolute Gasteiger partial charge is 0.448 e. The first-order valence-electron chi connectivity index (χ1n) is 14.0. The summed E-state index contributed by atoms with van der Waals surface area (Å²) in [5.74, 6) is -4.91. The Kier molecular flexibility index (Phi) is 6.90. The first-order valence-corrected chi connectivity index (χ1v) is 14.6. The topological polar surface area (TPSA) is 101 Å². The number of aryl methyl sites for hydroxylation is 1. The molecule has 2 fully saturated rings. The molecule has 40 heavy (non-hydrogen) atoms. The maximum absolute atomic E-state index is 13.4. The number of thioether (sulfide) groups is 1. The van der Waals surface area contributed by atoms with Gasteiger partial charge in [-0.05, 0) is 57.9 Å². The molecule has 0 unspecified atom stereocenters. The van der Waals surface area contributed by atoms with Crippen molar-refractivity contribution in [1.82, 2.24) is 15.2 Å². The lowest BCUT2D eigenvalue weighted by molar-refractivity contribution is -0.172. The summed E-state index contributed by atoms with van der Waals surface area (Å²) in [6, 6.07) is 3.02. The average Bonchev–Trinajstić information content (AvgIpc) is 3.27. The Morgan fingerprint density at radius 1 is 1.20 bits per heavy atom. The molecule has 3 heterocycles. The Labute approximate surface area is 242 Å². The standard InChI is InChI=1S/C28H32ClF2N3O5S/c1-14-9-21(40-4)19(25(36)33-14)11-32-24(35)18-10-20(29)23-22(15(18)2)38-27(3,39-23)17-7-5-16(6-8-17)26(37)34-12-28(30,31)13-34/h9-10,16-17H,5-8,11-13H2,1-4H3,(H,32,35)(H,33,36)/t16?,17?,27-/m0/s1/i11D2. The molecule has 2 N–H and O–H groups in total. The van der Waals surface area contributed by atoms with Gasteiger partial charge in [-0.2, -0.15) is 0 Å². The molecule has 12 heteroatoms. The van der Waals surface area contributed by atoms with Gasteiger partial charge in [0.1, 0.15) is 0 Å². The zero-order chi connectivity index (χ0) is 30.8. The number of pyridine rings is 1. The van der Waals surface area contributed by atoms with Crippen LogP contribution in [0.2, 0.25) is 5.02 Å². The molecule has 1 aromatic heterocycles. The van der Waals surface area contributed by atoms with Crippen LogP contribution in [0.4, 0.5) is 8.78 Å². The highest BCUT2D eigenvalue weighted by molar-refractivity contribution is 7.98. The third-order valence-corrected chi connectivity index (χ3v) is 8.96. The van der Waals surface area contributed by atoms with Crippen molar-refractivity contribution in [2.75, 3.05) is 19.3 Å². The summed E-state index contributed by atoms with van der Waals surface area (Å²) in [4.78, 5) is 42.8. The molecule has 1 saturated carbocycles. The summed E-state index contributed by atoms with van der Waals surface area (Å²) < 4.78 is 56.0. The minimum atomic E-state index is -2.80. The molecule has 5 rings (SSSR count). The second-order valence-electron chi connectivity index (χ2n) is 10.8. The number of aromatic nitrogens is 1. The second kappa shape index (κ2) is 10.6. The zero-order valence-corrected chi connectivity index (χ0v) is 24.2. The molecule has 3 aliphatic rings. The van der Waals surface area contributed by atoms with Crippen LogP contribution in [0.15, 0.2) is 21.8 Å². The number of alkyl halides is 2. The fourth-order valence-corrected chi connectivity index (χ4v) is 6.54. The van der Waals surface area contributed by atoms with E-state index in [2.05, 4.69) is 10.3 Å². The predicted molar refractivity (Wildman–Crippen MR) is 148 cm³/mol. The molecule has 2 aliphatic heterocycles. The smallest absolute Gasteiger partial charge is 0.282 e. The van der Waals surface area contributed by atoms with Crippen LogP contribution in [0.5, 0.6) is 11.5 Å². The van der Waals surface area contributed by atoms with Crippen LogP contribution in [0.3, 0.4) is 0 Å². The van der Waals surface area contributed by atoms with Crippen molar-refractivity contribution < 1.29 is 30.6 Å². The number of aromatic amines is 1. The number of likely N-dealkylation sites (tertiary alicyclic amines) is 1. The van der Waals surface area contributed by atoms with E-state index in [0.29, 0.717) is 41.8 Å². The number of amides is 2. The fraction of sp³-hybridized carbons (Fsp3) is 0.536. The van der Waals surface area contributed by atoms with Gasteiger partial charge in [-0.15, -0.1) is 11.8 Å². The monoisotopic (exact) mass is 597 g/mol. The van der Waals surface area contributed by atoms with Gasteiger partial charge in [0.05, 0.1) is 20.9 Å². The van der Waals surface area contributed by atoms with Crippen molar-refractivity contribution in [2.45, 2.75) is 69.6 Å². The number of nitrogens with zero attached hydrogens (tertiary/aromatic N) is 1. The van der Waals surface area contributed by atoms with Gasteiger partial charge in [-0.25, -0.2) is 8.78 Å². The van der Waals surface area contributed by atoms with Crippen LogP contribution >= 0.6 is 23.4 Å². The third-order valence-electron chi connectivity index (χ3n) is 7.92. The normalized spacial score (nSPS) is 26.0. The lowest BCUT2D eigenvalue weighted by atomic mass is 9.77. The lowest BCUT2D eigenvalue weighted by Gasteiger charge is -2.42. The molecule has 0 spiro atoms. The highest BCUT2D eigenvalue weighted by Gasteiger charge is 2.51. The van der Waals surface area contributed by atoms with Crippen molar-refractivity contribution >= 4 is 35.2 Å². The van der Waals surface area contributed by atoms with Crippen molar-refractivity contribution in [3.63, 3.8) is 0 Å². The van der Waals surface area contributed by atoms with E-state index < -0.39 is 42.8 Å². The van der Waals surface area contributed by atoms with Gasteiger partial charge in [-0.3, -0.25) is 14.4 Å². The number of fused-ring (bicyclic) bond motifs is 1. The number of rotatable bonds is 6. The molecule has 2 aromatic rings. The molecule has 1 atom stereocenters. The Morgan fingerprint density at radius 3 is 2.48 bits per heavy atom. The molecule has 1 saturated heterocycles. The minimum absolute atomic E-state index is 0.0605. The van der Waals surface area contributed by atoms with Gasteiger partial charge in [0.15, 0.2) is 11.5 Å². The Morgan fingerprint density at radius 2 is 1.85 bits per heavy atom. The van der Waals surface area contributed by atoms with E-state index in [1.165, 1.54) is 22.7 Å². The van der Waals surface area contributed by atoms with Crippen LogP contribution in [-0.2, 0) is 11.3 Å². The highest BCUT2D eigenvalue weighted by Crippen LogP contribution is 2.52. The van der Waals surface area contributed by atoms with Crippen molar-refractivity contribution in [3.05, 3.63) is 49.9 Å². The summed E-state index contributed by atoms with van der Waals surface area (Å²) in [5, 5.41) is 2.43. The molecule has 0 radical (unpaired) electrons. The summed E-state index contributed by atoms with van der Waals surface area (Å²) >= 11 is 7.73. The molecule has 1 aliphatic carbocycles. The highest BCUT2D eigenvalue weighted by atomic mass is 35.5. The SMILES string of the molecule is [2H]C([2H])(NC(=O)c1cc(Cl)c2c(c1C)O[C@](C)(C1CCC(C(=O)N3CC(F)(F)C3)CC1)O2)c1c(SC)cc(C)[nH]c1=O. The number of ether oxygens (including phenoxy) is 2. The Hall–Kier alpha value is -2.79. The second-order valence-corrected chi connectivity index (χ2v) is 12.1. The van der Waals surface area contributed by atoms with Crippen LogP contribution in [0.25, 0.3) is 0 Å². The summed E-state index contributed by atoms with van der Waals surface area (Å²) in [6.07, 6.45) is 3.87. The summed E-state index contributed by atoms with van der Waals surface area (Å²) in [5.41, 5.74) is 0.169. The van der Waals surface area contributed by atoms with Crippen LogP contribution in [-0.4, -0.2) is 52.8 Å². The van der Waals surface area contributed by atoms with Gasteiger partial charge in [0, 0.05) is 52.5 Å². The number of hydrogen-bond donors (Lipinski definition) is 2. The number of nitrogens with one attached hydrogen (secondary N) is 2. The first kappa shape index (κ1) is 26.1. The average molecular weight is 598 g/mol. The number of hydrogen-bond acceptors (Lipinski definition) is 6. The van der Waals surface area contributed by atoms with E-state index in [1.807, 2.05) is 0 Å². The van der Waals surface area contributed by atoms with E-state index in [9.17, 15) is 23.2 Å². The first-order chi connectivity index (χ1) is 19.5. The zero-order valence-electron chi connectivity index (χ0n) is 24.6. The number of benzene rings is 1. The van der Waals surface area contributed by atoms with E-state index in [-0.39, 0.29) is 45.4 Å². The third kappa shape index (κ3) is 5.30. The van der Waals surface area contributed by atoms with Gasteiger partial charge in [0.2, 0.25) is 5.91 Å². The van der Waals surface area contributed by atoms with E-state index in [0.717, 1.165) is 0 Å². The maximum Gasteiger partial charge on any atom is 0.282 e. The quantitative estimate of drug-likeness (QED) is 0.451. The summed E-state index contributed by atoms with van der Waals surface area (Å²) in [7, 11) is 0. The van der Waals surface area contributed by atoms with Crippen molar-refractivity contribution in [3.8, 4) is 11.5 Å². The van der Waals surface area contributed by atoms with Gasteiger partial charge in [-0.1, -0.05) is 11.6 Å². The van der Waals surface area contributed by atoms with Gasteiger partial charge < -0.3 is 24.7 Å². The van der Waals surface area contributed by atoms with E-state index in [1.54, 1.807) is 33.1 Å². The predicted octanol–water partition coefficient (Wildman–Crippen LogP) is 5.07. The van der Waals surface area contributed by atoms with Crippen molar-refractivity contribution in [1.29, 1.82) is 0 Å². The molecule has 1 aromatic carbocycles. The lowest BCUT2D eigenvalue weighted by Crippen LogP contribution is -2.60. The molecular weight excluding hydrogens is 564 g/mol.